The van der Waals surface area contributed by atoms with E-state index in [9.17, 15) is 4.79 Å². The number of halogens is 1. The van der Waals surface area contributed by atoms with Gasteiger partial charge in [-0.25, -0.2) is 9.79 Å². The lowest BCUT2D eigenvalue weighted by molar-refractivity contribution is -0.139. The Morgan fingerprint density at radius 1 is 0.971 bits per heavy atom. The number of benzene rings is 3. The minimum Gasteiger partial charge on any atom is -0.463 e. The summed E-state index contributed by atoms with van der Waals surface area (Å²) in [6.07, 6.45) is 0. The van der Waals surface area contributed by atoms with E-state index in [1.807, 2.05) is 74.5 Å². The number of amidine groups is 1. The van der Waals surface area contributed by atoms with Crippen LogP contribution in [0, 0.1) is 0 Å². The highest BCUT2D eigenvalue weighted by Crippen LogP contribution is 2.38. The average Bonchev–Trinajstić information content (AvgIpc) is 2.86. The molecule has 174 valence electrons. The van der Waals surface area contributed by atoms with Crippen molar-refractivity contribution in [2.24, 2.45) is 4.99 Å². The average molecular weight is 491 g/mol. The van der Waals surface area contributed by atoms with Gasteiger partial charge < -0.3 is 9.64 Å². The molecule has 0 fully saturated rings. The smallest absolute Gasteiger partial charge is 0.338 e. The maximum atomic E-state index is 13.1. The van der Waals surface area contributed by atoms with Gasteiger partial charge >= 0.3 is 5.97 Å². The van der Waals surface area contributed by atoms with E-state index in [0.29, 0.717) is 23.7 Å². The first kappa shape index (κ1) is 24.1. The molecule has 1 unspecified atom stereocenters. The van der Waals surface area contributed by atoms with Crippen molar-refractivity contribution in [2.75, 3.05) is 6.61 Å². The van der Waals surface area contributed by atoms with E-state index < -0.39 is 6.04 Å². The lowest BCUT2D eigenvalue weighted by atomic mass is 9.96. The van der Waals surface area contributed by atoms with Crippen LogP contribution in [0.15, 0.2) is 101 Å². The Morgan fingerprint density at radius 2 is 1.59 bits per heavy atom. The van der Waals surface area contributed by atoms with Crippen LogP contribution in [0.25, 0.3) is 0 Å². The number of nitrogens with zero attached hydrogens (tertiary/aromatic N) is 2. The van der Waals surface area contributed by atoms with E-state index in [1.54, 1.807) is 11.8 Å². The fourth-order valence-electron chi connectivity index (χ4n) is 3.88. The molecule has 3 aromatic carbocycles. The van der Waals surface area contributed by atoms with Crippen LogP contribution in [0.2, 0.25) is 5.02 Å². The first-order valence-electron chi connectivity index (χ1n) is 11.3. The van der Waals surface area contributed by atoms with Gasteiger partial charge in [-0.05, 0) is 42.7 Å². The number of aliphatic imine (C=N–C) groups is 1. The van der Waals surface area contributed by atoms with E-state index in [2.05, 4.69) is 29.2 Å². The molecule has 1 heterocycles. The predicted octanol–water partition coefficient (Wildman–Crippen LogP) is 7.02. The Morgan fingerprint density at radius 3 is 2.21 bits per heavy atom. The summed E-state index contributed by atoms with van der Waals surface area (Å²) in [6.45, 7) is 4.72. The summed E-state index contributed by atoms with van der Waals surface area (Å²) in [5, 5.41) is 1.52. The van der Waals surface area contributed by atoms with Gasteiger partial charge in [-0.1, -0.05) is 96.2 Å². The van der Waals surface area contributed by atoms with Crippen molar-refractivity contribution >= 4 is 34.5 Å². The van der Waals surface area contributed by atoms with Crippen LogP contribution in [0.5, 0.6) is 0 Å². The lowest BCUT2D eigenvalue weighted by Gasteiger charge is -2.35. The second-order valence-corrected chi connectivity index (χ2v) is 9.31. The second-order valence-electron chi connectivity index (χ2n) is 7.93. The van der Waals surface area contributed by atoms with Gasteiger partial charge in [0.15, 0.2) is 5.17 Å². The van der Waals surface area contributed by atoms with Gasteiger partial charge in [-0.2, -0.15) is 0 Å². The summed E-state index contributed by atoms with van der Waals surface area (Å²) in [7, 11) is 0. The molecule has 6 heteroatoms. The molecular weight excluding hydrogens is 464 g/mol. The van der Waals surface area contributed by atoms with E-state index >= 15 is 0 Å². The number of ether oxygens (including phenoxy) is 1. The van der Waals surface area contributed by atoms with Crippen molar-refractivity contribution in [2.45, 2.75) is 32.2 Å². The summed E-state index contributed by atoms with van der Waals surface area (Å²) >= 11 is 7.81. The normalized spacial score (nSPS) is 15.8. The van der Waals surface area contributed by atoms with Crippen molar-refractivity contribution < 1.29 is 9.53 Å². The van der Waals surface area contributed by atoms with Crippen LogP contribution in [-0.2, 0) is 21.8 Å². The number of allylic oxidation sites excluding steroid dienone is 1. The number of esters is 1. The molecule has 1 atom stereocenters. The lowest BCUT2D eigenvalue weighted by Crippen LogP contribution is -2.35. The standard InChI is InChI=1S/C28H27ClN2O2S/c1-3-33-27(32)25-20(2)31(18-21-10-6-4-7-11-21)28(34-19-22-12-8-5-9-13-22)30-26(25)23-14-16-24(29)17-15-23/h4-17,26H,3,18-19H2,1-2H3. The van der Waals surface area contributed by atoms with Gasteiger partial charge in [0.05, 0.1) is 12.2 Å². The molecular formula is C28H27ClN2O2S. The molecule has 0 amide bonds. The molecule has 0 N–H and O–H groups in total. The Kier molecular flexibility index (Phi) is 8.09. The van der Waals surface area contributed by atoms with Crippen molar-refractivity contribution in [3.05, 3.63) is 118 Å². The third kappa shape index (κ3) is 5.72. The van der Waals surface area contributed by atoms with Crippen LogP contribution in [0.3, 0.4) is 0 Å². The highest BCUT2D eigenvalue weighted by atomic mass is 35.5. The third-order valence-corrected chi connectivity index (χ3v) is 6.93. The topological polar surface area (TPSA) is 41.9 Å². The van der Waals surface area contributed by atoms with Gasteiger partial charge in [0.1, 0.15) is 6.04 Å². The molecule has 3 aromatic rings. The SMILES string of the molecule is CCOC(=O)C1=C(C)N(Cc2ccccc2)C(SCc2ccccc2)=NC1c1ccc(Cl)cc1. The van der Waals surface area contributed by atoms with Gasteiger partial charge in [0.25, 0.3) is 0 Å². The van der Waals surface area contributed by atoms with Crippen LogP contribution < -0.4 is 0 Å². The maximum absolute atomic E-state index is 13.1. The Bertz CT molecular complexity index is 1180. The molecule has 0 saturated heterocycles. The first-order valence-corrected chi connectivity index (χ1v) is 12.6. The molecule has 4 nitrogen and oxygen atoms in total. The summed E-state index contributed by atoms with van der Waals surface area (Å²) in [5.74, 6) is 0.439. The molecule has 0 bridgehead atoms. The van der Waals surface area contributed by atoms with E-state index in [4.69, 9.17) is 21.3 Å². The summed E-state index contributed by atoms with van der Waals surface area (Å²) in [6, 6.07) is 27.6. The van der Waals surface area contributed by atoms with Crippen molar-refractivity contribution in [1.29, 1.82) is 0 Å². The molecule has 1 aliphatic heterocycles. The minimum atomic E-state index is -0.457. The summed E-state index contributed by atoms with van der Waals surface area (Å²) < 4.78 is 5.46. The number of carbonyl (C=O) groups excluding carboxylic acids is 1. The Hall–Kier alpha value is -3.02. The summed E-state index contributed by atoms with van der Waals surface area (Å²) in [5.41, 5.74) is 4.68. The monoisotopic (exact) mass is 490 g/mol. The molecule has 1 aliphatic rings. The van der Waals surface area contributed by atoms with Gasteiger partial charge in [-0.15, -0.1) is 0 Å². The van der Waals surface area contributed by atoms with Crippen LogP contribution in [0.1, 0.15) is 36.6 Å². The fraction of sp³-hybridized carbons (Fsp3) is 0.214. The molecule has 0 saturated carbocycles. The molecule has 0 spiro atoms. The maximum Gasteiger partial charge on any atom is 0.338 e. The Labute approximate surface area is 210 Å². The number of hydrogen-bond donors (Lipinski definition) is 0. The van der Waals surface area contributed by atoms with E-state index in [0.717, 1.165) is 27.7 Å². The molecule has 34 heavy (non-hydrogen) atoms. The minimum absolute atomic E-state index is 0.307. The van der Waals surface area contributed by atoms with Crippen LogP contribution in [0.4, 0.5) is 0 Å². The molecule has 0 radical (unpaired) electrons. The molecule has 0 aromatic heterocycles. The summed E-state index contributed by atoms with van der Waals surface area (Å²) in [4.78, 5) is 20.4. The van der Waals surface area contributed by atoms with E-state index in [-0.39, 0.29) is 5.97 Å². The number of thioether (sulfide) groups is 1. The van der Waals surface area contributed by atoms with Crippen molar-refractivity contribution in [1.82, 2.24) is 4.90 Å². The van der Waals surface area contributed by atoms with E-state index in [1.165, 1.54) is 5.56 Å². The molecule has 0 aliphatic carbocycles. The van der Waals surface area contributed by atoms with Gasteiger partial charge in [0, 0.05) is 23.0 Å². The Balaban J connectivity index is 1.76. The number of hydrogen-bond acceptors (Lipinski definition) is 5. The van der Waals surface area contributed by atoms with Crippen LogP contribution >= 0.6 is 23.4 Å². The van der Waals surface area contributed by atoms with Crippen molar-refractivity contribution in [3.63, 3.8) is 0 Å². The number of carbonyl (C=O) groups is 1. The fourth-order valence-corrected chi connectivity index (χ4v) is 5.03. The molecule has 4 rings (SSSR count). The quantitative estimate of drug-likeness (QED) is 0.333. The first-order chi connectivity index (χ1) is 16.6. The second kappa shape index (κ2) is 11.4. The van der Waals surface area contributed by atoms with Gasteiger partial charge in [0.2, 0.25) is 0 Å². The zero-order chi connectivity index (χ0) is 23.9. The van der Waals surface area contributed by atoms with Crippen LogP contribution in [-0.4, -0.2) is 22.6 Å². The zero-order valence-electron chi connectivity index (χ0n) is 19.3. The zero-order valence-corrected chi connectivity index (χ0v) is 20.9. The largest absolute Gasteiger partial charge is 0.463 e. The number of rotatable bonds is 7. The highest BCUT2D eigenvalue weighted by molar-refractivity contribution is 8.13. The predicted molar refractivity (Wildman–Crippen MR) is 141 cm³/mol. The van der Waals surface area contributed by atoms with Gasteiger partial charge in [-0.3, -0.25) is 0 Å². The highest BCUT2D eigenvalue weighted by Gasteiger charge is 2.34. The third-order valence-electron chi connectivity index (χ3n) is 5.61. The van der Waals surface area contributed by atoms with Crippen molar-refractivity contribution in [3.8, 4) is 0 Å².